The third kappa shape index (κ3) is 5.50. The maximum absolute atomic E-state index is 13.0. The quantitative estimate of drug-likeness (QED) is 0.488. The molecule has 0 radical (unpaired) electrons. The summed E-state index contributed by atoms with van der Waals surface area (Å²) in [6.45, 7) is 0.639. The fourth-order valence-corrected chi connectivity index (χ4v) is 4.24. The molecule has 9 heteroatoms. The molecule has 2 fully saturated rings. The molecule has 1 aromatic carbocycles. The van der Waals surface area contributed by atoms with Gasteiger partial charge in [0.2, 0.25) is 11.8 Å². The molecule has 1 aliphatic heterocycles. The average Bonchev–Trinajstić information content (AvgIpc) is 3.53. The Kier molecular flexibility index (Phi) is 6.60. The number of nitrogens with one attached hydrogen (secondary N) is 4. The Hall–Kier alpha value is -3.85. The normalized spacial score (nSPS) is 19.6. The van der Waals surface area contributed by atoms with Crippen LogP contribution >= 0.6 is 0 Å². The first-order valence-electron chi connectivity index (χ1n) is 11.3. The zero-order valence-corrected chi connectivity index (χ0v) is 18.2. The monoisotopic (exact) mass is 446 g/mol. The van der Waals surface area contributed by atoms with E-state index in [1.54, 1.807) is 24.3 Å². The summed E-state index contributed by atoms with van der Waals surface area (Å²) in [7, 11) is 0. The van der Waals surface area contributed by atoms with Gasteiger partial charge in [-0.3, -0.25) is 14.4 Å². The maximum Gasteiger partial charge on any atom is 0.268 e. The van der Waals surface area contributed by atoms with Crippen molar-refractivity contribution in [2.45, 2.75) is 50.6 Å². The summed E-state index contributed by atoms with van der Waals surface area (Å²) in [4.78, 5) is 40.9. The van der Waals surface area contributed by atoms with Gasteiger partial charge in [-0.1, -0.05) is 12.8 Å². The van der Waals surface area contributed by atoms with Crippen molar-refractivity contribution in [1.82, 2.24) is 20.9 Å². The fraction of sp³-hybridized carbons (Fsp3) is 0.458. The molecule has 3 amide bonds. The molecule has 0 bridgehead atoms. The molecule has 1 aliphatic carbocycles. The lowest BCUT2D eigenvalue weighted by atomic mass is 9.92. The second kappa shape index (κ2) is 9.74. The predicted octanol–water partition coefficient (Wildman–Crippen LogP) is 1.86. The Bertz CT molecular complexity index is 1150. The number of rotatable bonds is 8. The van der Waals surface area contributed by atoms with Gasteiger partial charge in [-0.05, 0) is 55.9 Å². The number of aromatic amines is 1. The molecule has 170 valence electrons. The molecule has 4 N–H and O–H groups in total. The third-order valence-corrected chi connectivity index (χ3v) is 6.27. The van der Waals surface area contributed by atoms with Gasteiger partial charge in [0.05, 0.1) is 17.7 Å². The standard InChI is InChI=1S/C24H26N6O3/c25-12-15-5-6-19-17(8-15)11-21(29-19)24(33)30-20(9-14-3-4-14)23(32)28-18(13-26)10-16-2-1-7-27-22(16)31/h5-6,8,11,14,16,18,20,29H,1-4,7,9-10H2,(H,27,31)(H,28,32)(H,30,33). The number of hydrogen-bond acceptors (Lipinski definition) is 5. The molecule has 3 unspecified atom stereocenters. The smallest absolute Gasteiger partial charge is 0.268 e. The van der Waals surface area contributed by atoms with E-state index in [4.69, 9.17) is 5.26 Å². The number of H-pyrrole nitrogens is 1. The molecule has 0 spiro atoms. The van der Waals surface area contributed by atoms with Crippen LogP contribution in [0.25, 0.3) is 10.9 Å². The molecule has 9 nitrogen and oxygen atoms in total. The number of fused-ring (bicyclic) bond motifs is 1. The summed E-state index contributed by atoms with van der Waals surface area (Å²) in [5.74, 6) is -0.861. The molecular weight excluding hydrogens is 420 g/mol. The fourth-order valence-electron chi connectivity index (χ4n) is 4.24. The Balaban J connectivity index is 1.43. The van der Waals surface area contributed by atoms with E-state index in [2.05, 4.69) is 33.1 Å². The molecule has 2 heterocycles. The van der Waals surface area contributed by atoms with Crippen molar-refractivity contribution < 1.29 is 14.4 Å². The average molecular weight is 447 g/mol. The maximum atomic E-state index is 13.0. The van der Waals surface area contributed by atoms with Crippen LogP contribution < -0.4 is 16.0 Å². The van der Waals surface area contributed by atoms with Crippen LogP contribution in [0.5, 0.6) is 0 Å². The highest BCUT2D eigenvalue weighted by Gasteiger charge is 2.33. The Morgan fingerprint density at radius 2 is 1.94 bits per heavy atom. The summed E-state index contributed by atoms with van der Waals surface area (Å²) in [6, 6.07) is 9.31. The minimum Gasteiger partial charge on any atom is -0.356 e. The summed E-state index contributed by atoms with van der Waals surface area (Å²) in [5, 5.41) is 27.7. The number of nitrogens with zero attached hydrogens (tertiary/aromatic N) is 2. The zero-order valence-electron chi connectivity index (χ0n) is 18.2. The molecule has 1 saturated carbocycles. The van der Waals surface area contributed by atoms with Crippen LogP contribution in [0.15, 0.2) is 24.3 Å². The minimum atomic E-state index is -0.803. The van der Waals surface area contributed by atoms with Crippen LogP contribution in [0.1, 0.15) is 54.6 Å². The zero-order chi connectivity index (χ0) is 23.4. The van der Waals surface area contributed by atoms with Crippen LogP contribution in [0.2, 0.25) is 0 Å². The lowest BCUT2D eigenvalue weighted by Gasteiger charge is -2.25. The van der Waals surface area contributed by atoms with Gasteiger partial charge >= 0.3 is 0 Å². The van der Waals surface area contributed by atoms with Crippen molar-refractivity contribution in [3.8, 4) is 12.1 Å². The van der Waals surface area contributed by atoms with Crippen molar-refractivity contribution in [2.24, 2.45) is 11.8 Å². The lowest BCUT2D eigenvalue weighted by molar-refractivity contribution is -0.128. The molecule has 3 atom stereocenters. The first kappa shape index (κ1) is 22.3. The van der Waals surface area contributed by atoms with Crippen molar-refractivity contribution in [2.75, 3.05) is 6.54 Å². The minimum absolute atomic E-state index is 0.0862. The molecule has 2 aromatic rings. The van der Waals surface area contributed by atoms with Gasteiger partial charge in [-0.25, -0.2) is 0 Å². The predicted molar refractivity (Wildman–Crippen MR) is 120 cm³/mol. The SMILES string of the molecule is N#Cc1ccc2[nH]c(C(=O)NC(CC3CC3)C(=O)NC(C#N)CC3CCCNC3=O)cc2c1. The molecule has 33 heavy (non-hydrogen) atoms. The summed E-state index contributed by atoms with van der Waals surface area (Å²) < 4.78 is 0. The summed E-state index contributed by atoms with van der Waals surface area (Å²) >= 11 is 0. The van der Waals surface area contributed by atoms with Crippen LogP contribution in [0.4, 0.5) is 0 Å². The Labute approximate surface area is 191 Å². The Morgan fingerprint density at radius 3 is 2.64 bits per heavy atom. The molecular formula is C24H26N6O3. The van der Waals surface area contributed by atoms with Gasteiger partial charge in [0.1, 0.15) is 17.8 Å². The molecule has 2 aliphatic rings. The number of piperidine rings is 1. The number of nitriles is 2. The highest BCUT2D eigenvalue weighted by atomic mass is 16.2. The van der Waals surface area contributed by atoms with E-state index in [0.717, 1.165) is 30.2 Å². The summed E-state index contributed by atoms with van der Waals surface area (Å²) in [5.41, 5.74) is 1.51. The first-order valence-corrected chi connectivity index (χ1v) is 11.3. The van der Waals surface area contributed by atoms with E-state index in [0.29, 0.717) is 36.6 Å². The van der Waals surface area contributed by atoms with Crippen molar-refractivity contribution in [3.63, 3.8) is 0 Å². The van der Waals surface area contributed by atoms with E-state index < -0.39 is 23.9 Å². The van der Waals surface area contributed by atoms with E-state index in [-0.39, 0.29) is 18.2 Å². The number of hydrogen-bond donors (Lipinski definition) is 4. The largest absolute Gasteiger partial charge is 0.356 e. The van der Waals surface area contributed by atoms with Crippen molar-refractivity contribution in [3.05, 3.63) is 35.5 Å². The van der Waals surface area contributed by atoms with Gasteiger partial charge < -0.3 is 20.9 Å². The lowest BCUT2D eigenvalue weighted by Crippen LogP contribution is -2.50. The molecule has 4 rings (SSSR count). The highest BCUT2D eigenvalue weighted by Crippen LogP contribution is 2.33. The van der Waals surface area contributed by atoms with Crippen molar-refractivity contribution >= 4 is 28.6 Å². The Morgan fingerprint density at radius 1 is 1.12 bits per heavy atom. The summed E-state index contributed by atoms with van der Waals surface area (Å²) in [6.07, 6.45) is 4.30. The molecule has 1 saturated heterocycles. The van der Waals surface area contributed by atoms with Crippen LogP contribution in [0, 0.1) is 34.5 Å². The van der Waals surface area contributed by atoms with Crippen LogP contribution in [-0.2, 0) is 9.59 Å². The number of carbonyl (C=O) groups excluding carboxylic acids is 3. The first-order chi connectivity index (χ1) is 16.0. The highest BCUT2D eigenvalue weighted by molar-refractivity contribution is 6.00. The third-order valence-electron chi connectivity index (χ3n) is 6.27. The van der Waals surface area contributed by atoms with Gasteiger partial charge in [0.25, 0.3) is 5.91 Å². The second-order valence-corrected chi connectivity index (χ2v) is 8.86. The number of carbonyl (C=O) groups is 3. The molecule has 1 aromatic heterocycles. The van der Waals surface area contributed by atoms with Gasteiger partial charge in [0, 0.05) is 23.4 Å². The number of amides is 3. The van der Waals surface area contributed by atoms with E-state index >= 15 is 0 Å². The van der Waals surface area contributed by atoms with Gasteiger partial charge in [-0.15, -0.1) is 0 Å². The van der Waals surface area contributed by atoms with Gasteiger partial charge in [0.15, 0.2) is 0 Å². The number of benzene rings is 1. The van der Waals surface area contributed by atoms with E-state index in [1.165, 1.54) is 0 Å². The van der Waals surface area contributed by atoms with Crippen LogP contribution in [-0.4, -0.2) is 41.3 Å². The van der Waals surface area contributed by atoms with E-state index in [1.807, 2.05) is 0 Å². The van der Waals surface area contributed by atoms with Crippen LogP contribution in [0.3, 0.4) is 0 Å². The topological polar surface area (TPSA) is 151 Å². The number of aromatic nitrogens is 1. The van der Waals surface area contributed by atoms with E-state index in [9.17, 15) is 19.6 Å². The van der Waals surface area contributed by atoms with Crippen molar-refractivity contribution in [1.29, 1.82) is 10.5 Å². The second-order valence-electron chi connectivity index (χ2n) is 8.86. The van der Waals surface area contributed by atoms with Gasteiger partial charge in [-0.2, -0.15) is 10.5 Å².